The second-order valence-corrected chi connectivity index (χ2v) is 8.38. The molecule has 2 aromatic carbocycles. The Kier molecular flexibility index (Phi) is 4.45. The highest BCUT2D eigenvalue weighted by Gasteiger charge is 2.30. The summed E-state index contributed by atoms with van der Waals surface area (Å²) in [5.74, 6) is -0.108. The number of sulfone groups is 1. The first-order chi connectivity index (χ1) is 11.4. The van der Waals surface area contributed by atoms with Crippen molar-refractivity contribution < 1.29 is 13.2 Å². The van der Waals surface area contributed by atoms with E-state index in [9.17, 15) is 13.2 Å². The van der Waals surface area contributed by atoms with Crippen LogP contribution in [0.3, 0.4) is 0 Å². The zero-order valence-corrected chi connectivity index (χ0v) is 14.7. The van der Waals surface area contributed by atoms with Crippen molar-refractivity contribution in [1.29, 1.82) is 0 Å². The molecule has 1 heterocycles. The van der Waals surface area contributed by atoms with Crippen molar-refractivity contribution in [3.05, 3.63) is 65.2 Å². The standard InChI is InChI=1S/C19H21NO3S/c1-14-8-10-15(11-9-14)18-7-4-12-20(18)19(21)16-5-3-6-17(13-16)24(2,22)23/h3,5-6,8-11,13,18H,4,7,12H2,1-2H3. The average Bonchev–Trinajstić information content (AvgIpc) is 3.04. The molecule has 4 nitrogen and oxygen atoms in total. The molecule has 1 atom stereocenters. The molecule has 1 amide bonds. The number of carbonyl (C=O) groups excluding carboxylic acids is 1. The Morgan fingerprint density at radius 1 is 1.12 bits per heavy atom. The first-order valence-electron chi connectivity index (χ1n) is 8.04. The molecule has 0 bridgehead atoms. The fraction of sp³-hybridized carbons (Fsp3) is 0.316. The van der Waals surface area contributed by atoms with Gasteiger partial charge in [-0.05, 0) is 43.5 Å². The van der Waals surface area contributed by atoms with Crippen LogP contribution in [0.25, 0.3) is 0 Å². The van der Waals surface area contributed by atoms with Crippen molar-refractivity contribution in [3.8, 4) is 0 Å². The summed E-state index contributed by atoms with van der Waals surface area (Å²) < 4.78 is 23.4. The Morgan fingerprint density at radius 2 is 1.83 bits per heavy atom. The molecule has 3 rings (SSSR count). The third-order valence-corrected chi connectivity index (χ3v) is 5.60. The van der Waals surface area contributed by atoms with Gasteiger partial charge >= 0.3 is 0 Å². The number of likely N-dealkylation sites (tertiary alicyclic amines) is 1. The highest BCUT2D eigenvalue weighted by molar-refractivity contribution is 7.90. The minimum Gasteiger partial charge on any atom is -0.332 e. The fourth-order valence-electron chi connectivity index (χ4n) is 3.17. The lowest BCUT2D eigenvalue weighted by atomic mass is 10.0. The van der Waals surface area contributed by atoms with Crippen LogP contribution in [-0.4, -0.2) is 32.0 Å². The first kappa shape index (κ1) is 16.7. The van der Waals surface area contributed by atoms with E-state index in [1.807, 2.05) is 11.8 Å². The maximum Gasteiger partial charge on any atom is 0.254 e. The van der Waals surface area contributed by atoms with Crippen LogP contribution in [0.15, 0.2) is 53.4 Å². The third kappa shape index (κ3) is 3.36. The van der Waals surface area contributed by atoms with E-state index in [4.69, 9.17) is 0 Å². The Morgan fingerprint density at radius 3 is 2.50 bits per heavy atom. The van der Waals surface area contributed by atoms with E-state index in [0.717, 1.165) is 24.7 Å². The van der Waals surface area contributed by atoms with Crippen molar-refractivity contribution in [2.45, 2.75) is 30.7 Å². The zero-order valence-electron chi connectivity index (χ0n) is 13.9. The van der Waals surface area contributed by atoms with Crippen molar-refractivity contribution in [2.75, 3.05) is 12.8 Å². The molecule has 0 spiro atoms. The number of amides is 1. The van der Waals surface area contributed by atoms with Crippen molar-refractivity contribution in [3.63, 3.8) is 0 Å². The number of hydrogen-bond acceptors (Lipinski definition) is 3. The number of nitrogens with zero attached hydrogens (tertiary/aromatic N) is 1. The predicted molar refractivity (Wildman–Crippen MR) is 93.7 cm³/mol. The van der Waals surface area contributed by atoms with Gasteiger partial charge in [-0.15, -0.1) is 0 Å². The molecular weight excluding hydrogens is 322 g/mol. The van der Waals surface area contributed by atoms with E-state index in [2.05, 4.69) is 24.3 Å². The SMILES string of the molecule is Cc1ccc(C2CCCN2C(=O)c2cccc(S(C)(=O)=O)c2)cc1. The molecule has 5 heteroatoms. The fourth-order valence-corrected chi connectivity index (χ4v) is 3.84. The minimum atomic E-state index is -3.32. The largest absolute Gasteiger partial charge is 0.332 e. The Hall–Kier alpha value is -2.14. The lowest BCUT2D eigenvalue weighted by Gasteiger charge is -2.25. The quantitative estimate of drug-likeness (QED) is 0.858. The summed E-state index contributed by atoms with van der Waals surface area (Å²) in [7, 11) is -3.32. The average molecular weight is 343 g/mol. The molecule has 126 valence electrons. The van der Waals surface area contributed by atoms with Gasteiger partial charge in [0.2, 0.25) is 0 Å². The first-order valence-corrected chi connectivity index (χ1v) is 9.93. The molecule has 0 aromatic heterocycles. The lowest BCUT2D eigenvalue weighted by molar-refractivity contribution is 0.0735. The highest BCUT2D eigenvalue weighted by Crippen LogP contribution is 2.33. The number of hydrogen-bond donors (Lipinski definition) is 0. The van der Waals surface area contributed by atoms with Crippen LogP contribution in [0.1, 0.15) is 40.4 Å². The van der Waals surface area contributed by atoms with Crippen LogP contribution in [0, 0.1) is 6.92 Å². The maximum absolute atomic E-state index is 12.9. The van der Waals surface area contributed by atoms with Crippen LogP contribution < -0.4 is 0 Å². The van der Waals surface area contributed by atoms with Gasteiger partial charge in [-0.2, -0.15) is 0 Å². The van der Waals surface area contributed by atoms with Gasteiger partial charge in [-0.25, -0.2) is 8.42 Å². The monoisotopic (exact) mass is 343 g/mol. The molecule has 0 aliphatic carbocycles. The van der Waals surface area contributed by atoms with Gasteiger partial charge in [0.25, 0.3) is 5.91 Å². The molecule has 2 aromatic rings. The lowest BCUT2D eigenvalue weighted by Crippen LogP contribution is -2.30. The number of benzene rings is 2. The molecule has 0 N–H and O–H groups in total. The number of carbonyl (C=O) groups is 1. The summed E-state index contributed by atoms with van der Waals surface area (Å²) >= 11 is 0. The number of aryl methyl sites for hydroxylation is 1. The van der Waals surface area contributed by atoms with Gasteiger partial charge < -0.3 is 4.90 Å². The Balaban J connectivity index is 1.90. The second-order valence-electron chi connectivity index (χ2n) is 6.37. The van der Waals surface area contributed by atoms with Crippen LogP contribution >= 0.6 is 0 Å². The van der Waals surface area contributed by atoms with Gasteiger partial charge in [-0.3, -0.25) is 4.79 Å². The van der Waals surface area contributed by atoms with E-state index in [1.54, 1.807) is 12.1 Å². The summed E-state index contributed by atoms with van der Waals surface area (Å²) in [6, 6.07) is 14.6. The van der Waals surface area contributed by atoms with E-state index in [-0.39, 0.29) is 16.8 Å². The summed E-state index contributed by atoms with van der Waals surface area (Å²) in [5.41, 5.74) is 2.75. The minimum absolute atomic E-state index is 0.0555. The topological polar surface area (TPSA) is 54.5 Å². The van der Waals surface area contributed by atoms with Crippen LogP contribution in [-0.2, 0) is 9.84 Å². The highest BCUT2D eigenvalue weighted by atomic mass is 32.2. The molecule has 0 saturated carbocycles. The second kappa shape index (κ2) is 6.40. The number of rotatable bonds is 3. The smallest absolute Gasteiger partial charge is 0.254 e. The van der Waals surface area contributed by atoms with Gasteiger partial charge in [0.05, 0.1) is 10.9 Å². The predicted octanol–water partition coefficient (Wildman–Crippen LogP) is 3.38. The van der Waals surface area contributed by atoms with E-state index in [1.165, 1.54) is 17.7 Å². The molecule has 1 saturated heterocycles. The van der Waals surface area contributed by atoms with Gasteiger partial charge in [0.1, 0.15) is 0 Å². The molecular formula is C19H21NO3S. The molecule has 1 fully saturated rings. The molecule has 24 heavy (non-hydrogen) atoms. The molecule has 1 unspecified atom stereocenters. The maximum atomic E-state index is 12.9. The van der Waals surface area contributed by atoms with Crippen molar-refractivity contribution in [1.82, 2.24) is 4.90 Å². The normalized spacial score (nSPS) is 17.9. The van der Waals surface area contributed by atoms with Crippen LogP contribution in [0.2, 0.25) is 0 Å². The van der Waals surface area contributed by atoms with E-state index in [0.29, 0.717) is 12.1 Å². The molecule has 1 aliphatic rings. The van der Waals surface area contributed by atoms with Gasteiger partial charge in [0.15, 0.2) is 9.84 Å². The third-order valence-electron chi connectivity index (χ3n) is 4.48. The summed E-state index contributed by atoms with van der Waals surface area (Å²) in [6.45, 7) is 2.73. The summed E-state index contributed by atoms with van der Waals surface area (Å²) in [5, 5.41) is 0. The van der Waals surface area contributed by atoms with Crippen molar-refractivity contribution >= 4 is 15.7 Å². The Bertz CT molecular complexity index is 856. The van der Waals surface area contributed by atoms with Crippen molar-refractivity contribution in [2.24, 2.45) is 0 Å². The van der Waals surface area contributed by atoms with E-state index < -0.39 is 9.84 Å². The molecule has 0 radical (unpaired) electrons. The summed E-state index contributed by atoms with van der Waals surface area (Å²) in [6.07, 6.45) is 3.04. The van der Waals surface area contributed by atoms with Crippen LogP contribution in [0.4, 0.5) is 0 Å². The zero-order chi connectivity index (χ0) is 17.3. The summed E-state index contributed by atoms with van der Waals surface area (Å²) in [4.78, 5) is 14.9. The van der Waals surface area contributed by atoms with Gasteiger partial charge in [-0.1, -0.05) is 35.9 Å². The molecule has 1 aliphatic heterocycles. The Labute approximate surface area is 143 Å². The van der Waals surface area contributed by atoms with Crippen LogP contribution in [0.5, 0.6) is 0 Å². The van der Waals surface area contributed by atoms with E-state index >= 15 is 0 Å². The van der Waals surface area contributed by atoms with Gasteiger partial charge in [0, 0.05) is 18.4 Å².